The molecule has 42 heavy (non-hydrogen) atoms. The van der Waals surface area contributed by atoms with E-state index in [-0.39, 0.29) is 49.0 Å². The van der Waals surface area contributed by atoms with Gasteiger partial charge in [-0.25, -0.2) is 13.4 Å². The van der Waals surface area contributed by atoms with Crippen molar-refractivity contribution < 1.29 is 33.1 Å². The molecule has 0 aliphatic rings. The SMILES string of the molecule is CC(=O)Nc1nc(C)c(S(=O)(=O)Nc2ccc(C(=O)Nc3ccc4c(C(=O)c5ccccc5)c(O)n(O)c4c3)cc2)s1. The molecule has 0 atom stereocenters. The van der Waals surface area contributed by atoms with Crippen molar-refractivity contribution in [1.29, 1.82) is 0 Å². The maximum atomic E-state index is 13.0. The van der Waals surface area contributed by atoms with Gasteiger partial charge in [0.25, 0.3) is 15.9 Å². The van der Waals surface area contributed by atoms with Crippen molar-refractivity contribution in [2.45, 2.75) is 18.1 Å². The molecule has 0 bridgehead atoms. The number of nitrogens with zero attached hydrogens (tertiary/aromatic N) is 2. The van der Waals surface area contributed by atoms with Gasteiger partial charge in [0.15, 0.2) is 15.1 Å². The molecule has 0 aliphatic heterocycles. The highest BCUT2D eigenvalue weighted by molar-refractivity contribution is 7.94. The van der Waals surface area contributed by atoms with Crippen LogP contribution in [0.5, 0.6) is 5.88 Å². The molecule has 0 unspecified atom stereocenters. The minimum atomic E-state index is -4.01. The summed E-state index contributed by atoms with van der Waals surface area (Å²) in [7, 11) is -4.01. The van der Waals surface area contributed by atoms with Crippen LogP contribution in [0, 0.1) is 6.92 Å². The number of hydrogen-bond donors (Lipinski definition) is 5. The van der Waals surface area contributed by atoms with E-state index in [1.54, 1.807) is 30.3 Å². The number of carbonyl (C=O) groups is 3. The number of rotatable bonds is 8. The normalized spacial score (nSPS) is 11.3. The summed E-state index contributed by atoms with van der Waals surface area (Å²) in [5, 5.41) is 26.5. The first-order valence-corrected chi connectivity index (χ1v) is 14.6. The van der Waals surface area contributed by atoms with Gasteiger partial charge in [-0.3, -0.25) is 19.1 Å². The lowest BCUT2D eigenvalue weighted by molar-refractivity contribution is -0.114. The zero-order chi connectivity index (χ0) is 30.2. The third-order valence-corrected chi connectivity index (χ3v) is 9.18. The van der Waals surface area contributed by atoms with Gasteiger partial charge in [0.05, 0.1) is 16.8 Å². The van der Waals surface area contributed by atoms with Gasteiger partial charge in [-0.05, 0) is 49.4 Å². The molecule has 2 aromatic heterocycles. The summed E-state index contributed by atoms with van der Waals surface area (Å²) in [6, 6.07) is 18.4. The van der Waals surface area contributed by atoms with Gasteiger partial charge in [-0.1, -0.05) is 41.7 Å². The quantitative estimate of drug-likeness (QED) is 0.126. The Morgan fingerprint density at radius 1 is 0.905 bits per heavy atom. The van der Waals surface area contributed by atoms with Crippen molar-refractivity contribution in [3.05, 3.63) is 95.2 Å². The Bertz CT molecular complexity index is 1970. The molecular formula is C28H23N5O7S2. The fraction of sp³-hybridized carbons (Fsp3) is 0.0714. The van der Waals surface area contributed by atoms with Crippen LogP contribution in [-0.2, 0) is 14.8 Å². The van der Waals surface area contributed by atoms with E-state index in [2.05, 4.69) is 20.3 Å². The molecule has 0 spiro atoms. The van der Waals surface area contributed by atoms with E-state index in [1.165, 1.54) is 56.3 Å². The number of hydrogen-bond acceptors (Lipinski definition) is 9. The number of thiazole rings is 1. The number of sulfonamides is 1. The predicted octanol–water partition coefficient (Wildman–Crippen LogP) is 4.59. The van der Waals surface area contributed by atoms with Gasteiger partial charge >= 0.3 is 0 Å². The van der Waals surface area contributed by atoms with Crippen molar-refractivity contribution in [3.8, 4) is 5.88 Å². The zero-order valence-corrected chi connectivity index (χ0v) is 23.7. The molecule has 5 rings (SSSR count). The van der Waals surface area contributed by atoms with Crippen molar-refractivity contribution in [2.75, 3.05) is 15.4 Å². The number of amides is 2. The lowest BCUT2D eigenvalue weighted by atomic mass is 10.0. The van der Waals surface area contributed by atoms with Gasteiger partial charge in [0.1, 0.15) is 0 Å². The second kappa shape index (κ2) is 11.0. The monoisotopic (exact) mass is 605 g/mol. The number of benzene rings is 3. The van der Waals surface area contributed by atoms with Gasteiger partial charge < -0.3 is 20.9 Å². The number of aromatic nitrogens is 2. The number of anilines is 3. The molecule has 0 saturated heterocycles. The number of aromatic hydroxyl groups is 1. The summed E-state index contributed by atoms with van der Waals surface area (Å²) in [5.41, 5.74) is 1.28. The Morgan fingerprint density at radius 3 is 2.24 bits per heavy atom. The number of ketones is 1. The molecule has 2 amide bonds. The van der Waals surface area contributed by atoms with Gasteiger partial charge in [-0.2, -0.15) is 4.73 Å². The van der Waals surface area contributed by atoms with Crippen LogP contribution in [0.25, 0.3) is 10.9 Å². The van der Waals surface area contributed by atoms with E-state index >= 15 is 0 Å². The Morgan fingerprint density at radius 2 is 1.57 bits per heavy atom. The van der Waals surface area contributed by atoms with Crippen LogP contribution >= 0.6 is 11.3 Å². The fourth-order valence-corrected chi connectivity index (χ4v) is 6.74. The lowest BCUT2D eigenvalue weighted by Gasteiger charge is -2.09. The second-order valence-electron chi connectivity index (χ2n) is 9.15. The maximum Gasteiger partial charge on any atom is 0.273 e. The average Bonchev–Trinajstić information content (AvgIpc) is 3.44. The summed E-state index contributed by atoms with van der Waals surface area (Å²) in [5.74, 6) is -2.00. The van der Waals surface area contributed by atoms with E-state index in [0.717, 1.165) is 11.3 Å². The minimum Gasteiger partial charge on any atom is -0.492 e. The smallest absolute Gasteiger partial charge is 0.273 e. The number of aryl methyl sites for hydroxylation is 1. The molecule has 0 fully saturated rings. The predicted molar refractivity (Wildman–Crippen MR) is 157 cm³/mol. The van der Waals surface area contributed by atoms with Crippen LogP contribution in [0.1, 0.15) is 38.9 Å². The molecule has 14 heteroatoms. The molecule has 2 heterocycles. The highest BCUT2D eigenvalue weighted by atomic mass is 32.2. The molecule has 5 aromatic rings. The van der Waals surface area contributed by atoms with E-state index < -0.39 is 27.6 Å². The second-order valence-corrected chi connectivity index (χ2v) is 12.0. The molecular weight excluding hydrogens is 582 g/mol. The van der Waals surface area contributed by atoms with E-state index in [1.807, 2.05) is 0 Å². The summed E-state index contributed by atoms with van der Waals surface area (Å²) < 4.78 is 28.6. The molecule has 5 N–H and O–H groups in total. The van der Waals surface area contributed by atoms with Gasteiger partial charge in [0, 0.05) is 34.8 Å². The third kappa shape index (κ3) is 5.53. The van der Waals surface area contributed by atoms with Crippen LogP contribution in [-0.4, -0.2) is 46.0 Å². The molecule has 0 radical (unpaired) electrons. The van der Waals surface area contributed by atoms with Crippen LogP contribution in [0.15, 0.2) is 77.0 Å². The molecule has 214 valence electrons. The van der Waals surface area contributed by atoms with E-state index in [4.69, 9.17) is 0 Å². The van der Waals surface area contributed by atoms with E-state index in [0.29, 0.717) is 15.7 Å². The van der Waals surface area contributed by atoms with Crippen LogP contribution in [0.4, 0.5) is 16.5 Å². The Labute approximate surface area is 243 Å². The highest BCUT2D eigenvalue weighted by Gasteiger charge is 2.25. The summed E-state index contributed by atoms with van der Waals surface area (Å²) in [6.45, 7) is 2.80. The lowest BCUT2D eigenvalue weighted by Crippen LogP contribution is -2.14. The maximum absolute atomic E-state index is 13.0. The van der Waals surface area contributed by atoms with Crippen LogP contribution in [0.3, 0.4) is 0 Å². The number of carbonyl (C=O) groups excluding carboxylic acids is 3. The molecule has 12 nitrogen and oxygen atoms in total. The van der Waals surface area contributed by atoms with Crippen molar-refractivity contribution in [2.24, 2.45) is 0 Å². The zero-order valence-electron chi connectivity index (χ0n) is 22.1. The summed E-state index contributed by atoms with van der Waals surface area (Å²) in [6.07, 6.45) is 0. The average molecular weight is 606 g/mol. The first kappa shape index (κ1) is 28.3. The van der Waals surface area contributed by atoms with Gasteiger partial charge in [-0.15, -0.1) is 0 Å². The molecule has 0 aliphatic carbocycles. The highest BCUT2D eigenvalue weighted by Crippen LogP contribution is 2.34. The number of fused-ring (bicyclic) bond motifs is 1. The van der Waals surface area contributed by atoms with Crippen LogP contribution < -0.4 is 15.4 Å². The van der Waals surface area contributed by atoms with Gasteiger partial charge in [0.2, 0.25) is 11.8 Å². The Kier molecular flexibility index (Phi) is 7.41. The Hall–Kier alpha value is -5.21. The minimum absolute atomic E-state index is 0.0586. The van der Waals surface area contributed by atoms with Crippen molar-refractivity contribution in [1.82, 2.24) is 9.71 Å². The van der Waals surface area contributed by atoms with E-state index in [9.17, 15) is 33.1 Å². The van der Waals surface area contributed by atoms with Crippen LogP contribution in [0.2, 0.25) is 0 Å². The molecule has 0 saturated carbocycles. The summed E-state index contributed by atoms with van der Waals surface area (Å²) >= 11 is 0.816. The Balaban J connectivity index is 1.32. The fourth-order valence-electron chi connectivity index (χ4n) is 4.22. The largest absolute Gasteiger partial charge is 0.492 e. The first-order chi connectivity index (χ1) is 19.9. The first-order valence-electron chi connectivity index (χ1n) is 12.3. The molecule has 3 aromatic carbocycles. The van der Waals surface area contributed by atoms with Crippen molar-refractivity contribution >= 4 is 66.4 Å². The van der Waals surface area contributed by atoms with Crippen molar-refractivity contribution in [3.63, 3.8) is 0 Å². The number of nitrogens with one attached hydrogen (secondary N) is 3. The standard InChI is InChI=1S/C28H23N5O7S2/c1-15-27(41-28(29-15)30-16(2)34)42(39,40)32-19-10-8-18(9-11-19)25(36)31-20-12-13-21-22(14-20)33(38)26(37)23(21)24(35)17-6-4-3-5-7-17/h3-14,32,37-38H,1-2H3,(H,31,36)(H,29,30,34). The topological polar surface area (TPSA) is 180 Å². The third-order valence-electron chi connectivity index (χ3n) is 6.12. The summed E-state index contributed by atoms with van der Waals surface area (Å²) in [4.78, 5) is 41.2.